The molecule has 0 amide bonds. The average Bonchev–Trinajstić information content (AvgIpc) is 3.20. The van der Waals surface area contributed by atoms with Gasteiger partial charge in [-0.1, -0.05) is 27.7 Å². The van der Waals surface area contributed by atoms with Crippen molar-refractivity contribution >= 4 is 5.97 Å². The smallest absolute Gasteiger partial charge is 0.309 e. The highest BCUT2D eigenvalue weighted by Gasteiger charge is 2.73. The Morgan fingerprint density at radius 1 is 1.00 bits per heavy atom. The molecule has 8 atom stereocenters. The SMILES string of the molecule is CC(C)C1(C(C)C)CC2CC1C1C3CC(C4C(=O)OCC34)C21. The number of ether oxygens (including phenoxy) is 1. The predicted octanol–water partition coefficient (Wildman–Crippen LogP) is 4.00. The maximum Gasteiger partial charge on any atom is 0.309 e. The molecule has 22 heavy (non-hydrogen) atoms. The van der Waals surface area contributed by atoms with Gasteiger partial charge in [0.2, 0.25) is 0 Å². The largest absolute Gasteiger partial charge is 0.465 e. The van der Waals surface area contributed by atoms with Gasteiger partial charge >= 0.3 is 5.97 Å². The first-order valence-electron chi connectivity index (χ1n) is 9.63. The van der Waals surface area contributed by atoms with Crippen molar-refractivity contribution < 1.29 is 9.53 Å². The van der Waals surface area contributed by atoms with Crippen molar-refractivity contribution in [2.75, 3.05) is 6.61 Å². The second-order valence-electron chi connectivity index (χ2n) is 9.77. The molecule has 2 heteroatoms. The Hall–Kier alpha value is -0.530. The van der Waals surface area contributed by atoms with Gasteiger partial charge in [-0.2, -0.15) is 0 Å². The van der Waals surface area contributed by atoms with Gasteiger partial charge in [-0.3, -0.25) is 4.79 Å². The molecule has 0 aromatic carbocycles. The molecule has 0 N–H and O–H groups in total. The minimum Gasteiger partial charge on any atom is -0.465 e. The fourth-order valence-corrected chi connectivity index (χ4v) is 8.75. The van der Waals surface area contributed by atoms with Crippen LogP contribution in [0.4, 0.5) is 0 Å². The van der Waals surface area contributed by atoms with Gasteiger partial charge in [-0.25, -0.2) is 0 Å². The molecule has 1 saturated heterocycles. The van der Waals surface area contributed by atoms with Gasteiger partial charge in [0, 0.05) is 5.92 Å². The van der Waals surface area contributed by atoms with Crippen molar-refractivity contribution in [3.8, 4) is 0 Å². The molecule has 0 aromatic rings. The number of carbonyl (C=O) groups excluding carboxylic acids is 1. The number of hydrogen-bond donors (Lipinski definition) is 0. The first-order chi connectivity index (χ1) is 10.5. The molecule has 4 saturated carbocycles. The lowest BCUT2D eigenvalue weighted by atomic mass is 9.52. The van der Waals surface area contributed by atoms with Gasteiger partial charge in [0.25, 0.3) is 0 Å². The summed E-state index contributed by atoms with van der Waals surface area (Å²) in [6, 6.07) is 0. The monoisotopic (exact) mass is 302 g/mol. The van der Waals surface area contributed by atoms with E-state index in [1.54, 1.807) is 0 Å². The topological polar surface area (TPSA) is 26.3 Å². The second-order valence-corrected chi connectivity index (χ2v) is 9.77. The number of cyclic esters (lactones) is 1. The Morgan fingerprint density at radius 2 is 1.73 bits per heavy atom. The normalized spacial score (nSPS) is 53.5. The lowest BCUT2D eigenvalue weighted by Crippen LogP contribution is -2.48. The van der Waals surface area contributed by atoms with Crippen LogP contribution in [0.3, 0.4) is 0 Å². The van der Waals surface area contributed by atoms with E-state index in [4.69, 9.17) is 4.74 Å². The van der Waals surface area contributed by atoms with Gasteiger partial charge in [-0.05, 0) is 72.0 Å². The van der Waals surface area contributed by atoms with E-state index in [-0.39, 0.29) is 11.9 Å². The van der Waals surface area contributed by atoms with Crippen molar-refractivity contribution in [3.05, 3.63) is 0 Å². The molecule has 0 spiro atoms. The quantitative estimate of drug-likeness (QED) is 0.569. The zero-order valence-corrected chi connectivity index (χ0v) is 14.4. The summed E-state index contributed by atoms with van der Waals surface area (Å²) >= 11 is 0. The molecule has 1 heterocycles. The number of rotatable bonds is 2. The second kappa shape index (κ2) is 4.11. The summed E-state index contributed by atoms with van der Waals surface area (Å²) < 4.78 is 5.46. The first kappa shape index (κ1) is 13.9. The van der Waals surface area contributed by atoms with E-state index in [1.807, 2.05) is 0 Å². The highest BCUT2D eigenvalue weighted by Crippen LogP contribution is 2.76. The zero-order chi connectivity index (χ0) is 15.4. The molecule has 0 radical (unpaired) electrons. The first-order valence-corrected chi connectivity index (χ1v) is 9.63. The summed E-state index contributed by atoms with van der Waals surface area (Å²) in [7, 11) is 0. The fraction of sp³-hybridized carbons (Fsp3) is 0.950. The van der Waals surface area contributed by atoms with E-state index in [1.165, 1.54) is 19.3 Å². The number of carbonyl (C=O) groups is 1. The Bertz CT molecular complexity index is 514. The predicted molar refractivity (Wildman–Crippen MR) is 84.8 cm³/mol. The zero-order valence-electron chi connectivity index (χ0n) is 14.4. The Balaban J connectivity index is 1.54. The molecule has 5 rings (SSSR count). The molecule has 5 aliphatic rings. The third-order valence-electron chi connectivity index (χ3n) is 9.16. The van der Waals surface area contributed by atoms with Crippen molar-refractivity contribution in [1.29, 1.82) is 0 Å². The molecule has 0 aromatic heterocycles. The summed E-state index contributed by atoms with van der Waals surface area (Å²) in [4.78, 5) is 12.2. The minimum atomic E-state index is 0.151. The lowest BCUT2D eigenvalue weighted by molar-refractivity contribution is -0.143. The number of hydrogen-bond acceptors (Lipinski definition) is 2. The van der Waals surface area contributed by atoms with Gasteiger partial charge in [0.1, 0.15) is 0 Å². The summed E-state index contributed by atoms with van der Waals surface area (Å²) in [5.41, 5.74) is 0.565. The number of esters is 1. The van der Waals surface area contributed by atoms with Crippen LogP contribution in [0.15, 0.2) is 0 Å². The molecular weight excluding hydrogens is 272 g/mol. The van der Waals surface area contributed by atoms with Gasteiger partial charge in [0.15, 0.2) is 0 Å². The third-order valence-corrected chi connectivity index (χ3v) is 9.16. The van der Waals surface area contributed by atoms with Crippen molar-refractivity contribution in [3.63, 3.8) is 0 Å². The Labute approximate surface area is 134 Å². The summed E-state index contributed by atoms with van der Waals surface area (Å²) in [5.74, 6) is 7.71. The van der Waals surface area contributed by atoms with Crippen LogP contribution in [0.1, 0.15) is 47.0 Å². The van der Waals surface area contributed by atoms with Crippen LogP contribution in [-0.4, -0.2) is 12.6 Å². The average molecular weight is 302 g/mol. The highest BCUT2D eigenvalue weighted by molar-refractivity contribution is 5.76. The molecule has 2 nitrogen and oxygen atoms in total. The van der Waals surface area contributed by atoms with Crippen molar-refractivity contribution in [1.82, 2.24) is 0 Å². The van der Waals surface area contributed by atoms with Crippen LogP contribution < -0.4 is 0 Å². The number of fused-ring (bicyclic) bond motifs is 12. The maximum atomic E-state index is 12.2. The van der Waals surface area contributed by atoms with E-state index >= 15 is 0 Å². The third kappa shape index (κ3) is 1.30. The minimum absolute atomic E-state index is 0.151. The van der Waals surface area contributed by atoms with Gasteiger partial charge in [0.05, 0.1) is 12.5 Å². The van der Waals surface area contributed by atoms with E-state index in [2.05, 4.69) is 27.7 Å². The molecule has 1 aliphatic heterocycles. The maximum absolute atomic E-state index is 12.2. The molecule has 4 bridgehead atoms. The standard InChI is InChI=1S/C20H30O2/c1-9(2)20(10(3)4)7-11-5-15(20)18-12-6-13(16(11)18)17-14(12)8-22-19(17)21/h9-18H,5-8H2,1-4H3. The summed E-state index contributed by atoms with van der Waals surface area (Å²) in [6.45, 7) is 10.6. The van der Waals surface area contributed by atoms with Gasteiger partial charge in [-0.15, -0.1) is 0 Å². The van der Waals surface area contributed by atoms with Crippen molar-refractivity contribution in [2.45, 2.75) is 47.0 Å². The van der Waals surface area contributed by atoms with E-state index < -0.39 is 0 Å². The fourth-order valence-electron chi connectivity index (χ4n) is 8.75. The molecule has 8 unspecified atom stereocenters. The molecule has 4 aliphatic carbocycles. The lowest BCUT2D eigenvalue weighted by Gasteiger charge is -2.52. The Morgan fingerprint density at radius 3 is 2.41 bits per heavy atom. The van der Waals surface area contributed by atoms with E-state index in [0.29, 0.717) is 17.3 Å². The summed E-state index contributed by atoms with van der Waals surface area (Å²) in [5, 5.41) is 0. The van der Waals surface area contributed by atoms with Gasteiger partial charge < -0.3 is 4.74 Å². The van der Waals surface area contributed by atoms with Crippen LogP contribution in [0.5, 0.6) is 0 Å². The Kier molecular flexibility index (Phi) is 2.59. The molecule has 5 fully saturated rings. The molecule has 122 valence electrons. The summed E-state index contributed by atoms with van der Waals surface area (Å²) in [6.07, 6.45) is 4.25. The van der Waals surface area contributed by atoms with Crippen LogP contribution in [0, 0.1) is 64.6 Å². The van der Waals surface area contributed by atoms with Crippen LogP contribution in [0.2, 0.25) is 0 Å². The van der Waals surface area contributed by atoms with Crippen molar-refractivity contribution in [2.24, 2.45) is 64.6 Å². The van der Waals surface area contributed by atoms with Crippen LogP contribution in [-0.2, 0) is 9.53 Å². The van der Waals surface area contributed by atoms with Crippen LogP contribution >= 0.6 is 0 Å². The van der Waals surface area contributed by atoms with E-state index in [0.717, 1.165) is 48.0 Å². The van der Waals surface area contributed by atoms with E-state index in [9.17, 15) is 4.79 Å². The highest BCUT2D eigenvalue weighted by atomic mass is 16.5. The van der Waals surface area contributed by atoms with Crippen LogP contribution in [0.25, 0.3) is 0 Å². The molecular formula is C20H30O2.